The summed E-state index contributed by atoms with van der Waals surface area (Å²) in [7, 11) is 0. The minimum Gasteiger partial charge on any atom is -0.507 e. The lowest BCUT2D eigenvalue weighted by Crippen LogP contribution is -2.30. The molecule has 0 saturated carbocycles. The molecule has 2 aromatic carbocycles. The highest BCUT2D eigenvalue weighted by atomic mass is 16.5. The molecule has 2 atom stereocenters. The molecular formula is C26H23NO5. The van der Waals surface area contributed by atoms with E-state index in [0.29, 0.717) is 17.0 Å². The van der Waals surface area contributed by atoms with Crippen LogP contribution in [0.25, 0.3) is 5.76 Å². The summed E-state index contributed by atoms with van der Waals surface area (Å²) in [5.74, 6) is -0.480. The van der Waals surface area contributed by atoms with Crippen molar-refractivity contribution in [2.24, 2.45) is 0 Å². The molecule has 1 fully saturated rings. The lowest BCUT2D eigenvalue weighted by molar-refractivity contribution is -0.132. The number of anilines is 1. The van der Waals surface area contributed by atoms with E-state index in [0.717, 1.165) is 28.9 Å². The van der Waals surface area contributed by atoms with E-state index >= 15 is 0 Å². The maximum Gasteiger partial charge on any atom is 0.300 e. The second kappa shape index (κ2) is 7.41. The second-order valence-electron chi connectivity index (χ2n) is 8.43. The number of nitrogens with zero attached hydrogens (tertiary/aromatic N) is 1. The number of carbonyl (C=O) groups is 2. The van der Waals surface area contributed by atoms with E-state index in [4.69, 9.17) is 9.15 Å². The van der Waals surface area contributed by atoms with Gasteiger partial charge >= 0.3 is 0 Å². The average Bonchev–Trinajstić information content (AvgIpc) is 3.47. The summed E-state index contributed by atoms with van der Waals surface area (Å²) in [4.78, 5) is 27.9. The quantitative estimate of drug-likeness (QED) is 0.366. The zero-order chi connectivity index (χ0) is 22.6. The Morgan fingerprint density at radius 1 is 1.09 bits per heavy atom. The van der Waals surface area contributed by atoms with Crippen molar-refractivity contribution in [2.75, 3.05) is 4.90 Å². The smallest absolute Gasteiger partial charge is 0.300 e. The van der Waals surface area contributed by atoms with E-state index in [2.05, 4.69) is 0 Å². The maximum absolute atomic E-state index is 13.2. The number of amides is 1. The summed E-state index contributed by atoms with van der Waals surface area (Å²) in [5.41, 5.74) is 3.86. The fraction of sp³-hybridized carbons (Fsp3) is 0.231. The van der Waals surface area contributed by atoms with Crippen LogP contribution in [-0.4, -0.2) is 22.9 Å². The van der Waals surface area contributed by atoms with Crippen molar-refractivity contribution in [3.8, 4) is 5.75 Å². The van der Waals surface area contributed by atoms with Crippen LogP contribution in [0.5, 0.6) is 5.75 Å². The fourth-order valence-corrected chi connectivity index (χ4v) is 4.50. The highest BCUT2D eigenvalue weighted by molar-refractivity contribution is 6.51. The Morgan fingerprint density at radius 2 is 1.91 bits per heavy atom. The maximum atomic E-state index is 13.2. The third-order valence-electron chi connectivity index (χ3n) is 6.05. The first kappa shape index (κ1) is 20.1. The van der Waals surface area contributed by atoms with E-state index in [1.54, 1.807) is 24.3 Å². The third kappa shape index (κ3) is 3.11. The van der Waals surface area contributed by atoms with Gasteiger partial charge in [-0.3, -0.25) is 14.5 Å². The molecule has 0 bridgehead atoms. The van der Waals surface area contributed by atoms with Gasteiger partial charge in [0.15, 0.2) is 0 Å². The third-order valence-corrected chi connectivity index (χ3v) is 6.05. The standard InChI is InChI=1S/C26H23NO5/c1-14-6-7-15(2)19(11-14)27-23(21-5-4-10-31-21)22(25(29)26(27)30)24(28)17-8-9-20-18(13-17)12-16(3)32-20/h4-11,13,16,23,28H,12H2,1-3H3/b24-22-. The molecule has 5 rings (SSSR count). The lowest BCUT2D eigenvalue weighted by atomic mass is 9.97. The van der Waals surface area contributed by atoms with Crippen molar-refractivity contribution in [3.05, 3.63) is 88.4 Å². The molecule has 0 spiro atoms. The zero-order valence-electron chi connectivity index (χ0n) is 18.1. The zero-order valence-corrected chi connectivity index (χ0v) is 18.1. The van der Waals surface area contributed by atoms with Crippen LogP contribution >= 0.6 is 0 Å². The van der Waals surface area contributed by atoms with Crippen LogP contribution in [0.3, 0.4) is 0 Å². The Balaban J connectivity index is 1.69. The van der Waals surface area contributed by atoms with E-state index in [-0.39, 0.29) is 17.4 Å². The number of aliphatic hydroxyl groups excluding tert-OH is 1. The van der Waals surface area contributed by atoms with Crippen LogP contribution in [-0.2, 0) is 16.0 Å². The molecule has 1 saturated heterocycles. The molecule has 6 nitrogen and oxygen atoms in total. The monoisotopic (exact) mass is 429 g/mol. The number of hydrogen-bond donors (Lipinski definition) is 1. The number of Topliss-reactive ketones (excluding diaryl/α,β-unsaturated/α-hetero) is 1. The van der Waals surface area contributed by atoms with Crippen molar-refractivity contribution in [2.45, 2.75) is 39.3 Å². The van der Waals surface area contributed by atoms with E-state index < -0.39 is 17.7 Å². The predicted octanol–water partition coefficient (Wildman–Crippen LogP) is 4.85. The average molecular weight is 429 g/mol. The van der Waals surface area contributed by atoms with Gasteiger partial charge < -0.3 is 14.3 Å². The van der Waals surface area contributed by atoms with Gasteiger partial charge in [-0.2, -0.15) is 0 Å². The molecule has 2 aliphatic rings. The van der Waals surface area contributed by atoms with Crippen LogP contribution in [0.15, 0.2) is 64.8 Å². The molecule has 3 heterocycles. The molecule has 1 N–H and O–H groups in total. The molecule has 32 heavy (non-hydrogen) atoms. The van der Waals surface area contributed by atoms with Crippen LogP contribution in [0.2, 0.25) is 0 Å². The summed E-state index contributed by atoms with van der Waals surface area (Å²) in [5, 5.41) is 11.3. The Kier molecular flexibility index (Phi) is 4.66. The number of fused-ring (bicyclic) bond motifs is 1. The highest BCUT2D eigenvalue weighted by Gasteiger charge is 2.48. The number of rotatable bonds is 3. The summed E-state index contributed by atoms with van der Waals surface area (Å²) >= 11 is 0. The molecular weight excluding hydrogens is 406 g/mol. The topological polar surface area (TPSA) is 80.0 Å². The first-order valence-corrected chi connectivity index (χ1v) is 10.6. The number of carbonyl (C=O) groups excluding carboxylic acids is 2. The van der Waals surface area contributed by atoms with Crippen LogP contribution in [0.4, 0.5) is 5.69 Å². The second-order valence-corrected chi connectivity index (χ2v) is 8.43. The van der Waals surface area contributed by atoms with E-state index in [1.165, 1.54) is 11.2 Å². The Hall–Kier alpha value is -3.80. The van der Waals surface area contributed by atoms with Crippen molar-refractivity contribution >= 4 is 23.1 Å². The molecule has 2 unspecified atom stereocenters. The van der Waals surface area contributed by atoms with Gasteiger partial charge in [-0.1, -0.05) is 12.1 Å². The molecule has 1 aromatic heterocycles. The van der Waals surface area contributed by atoms with Gasteiger partial charge in [-0.05, 0) is 73.9 Å². The minimum atomic E-state index is -0.867. The fourth-order valence-electron chi connectivity index (χ4n) is 4.50. The molecule has 1 amide bonds. The number of ether oxygens (including phenoxy) is 1. The van der Waals surface area contributed by atoms with Gasteiger partial charge in [0, 0.05) is 17.7 Å². The SMILES string of the molecule is Cc1ccc(C)c(N2C(=O)C(=O)/C(=C(\O)c3ccc4c(c3)CC(C)O4)C2c2ccco2)c1. The van der Waals surface area contributed by atoms with Crippen molar-refractivity contribution in [3.63, 3.8) is 0 Å². The van der Waals surface area contributed by atoms with Gasteiger partial charge in [-0.25, -0.2) is 0 Å². The number of ketones is 1. The molecule has 6 heteroatoms. The van der Waals surface area contributed by atoms with E-state index in [9.17, 15) is 14.7 Å². The number of hydrogen-bond acceptors (Lipinski definition) is 5. The number of furan rings is 1. The summed E-state index contributed by atoms with van der Waals surface area (Å²) in [6, 6.07) is 13.6. The van der Waals surface area contributed by atoms with Crippen LogP contribution < -0.4 is 9.64 Å². The Labute approximate surface area is 185 Å². The minimum absolute atomic E-state index is 0.0118. The van der Waals surface area contributed by atoms with Crippen LogP contribution in [0.1, 0.15) is 41.0 Å². The molecule has 3 aromatic rings. The van der Waals surface area contributed by atoms with E-state index in [1.807, 2.05) is 45.0 Å². The summed E-state index contributed by atoms with van der Waals surface area (Å²) in [6.07, 6.45) is 2.27. The molecule has 2 aliphatic heterocycles. The van der Waals surface area contributed by atoms with Gasteiger partial charge in [0.2, 0.25) is 0 Å². The number of aryl methyl sites for hydroxylation is 2. The number of benzene rings is 2. The van der Waals surface area contributed by atoms with Gasteiger partial charge in [0.1, 0.15) is 29.4 Å². The normalized spacial score (nSPS) is 21.7. The van der Waals surface area contributed by atoms with Gasteiger partial charge in [0.05, 0.1) is 11.8 Å². The predicted molar refractivity (Wildman–Crippen MR) is 120 cm³/mol. The van der Waals surface area contributed by atoms with Gasteiger partial charge in [0.25, 0.3) is 11.7 Å². The molecule has 0 aliphatic carbocycles. The van der Waals surface area contributed by atoms with Gasteiger partial charge in [-0.15, -0.1) is 0 Å². The summed E-state index contributed by atoms with van der Waals surface area (Å²) < 4.78 is 11.4. The Morgan fingerprint density at radius 3 is 2.66 bits per heavy atom. The molecule has 0 radical (unpaired) electrons. The van der Waals surface area contributed by atoms with Crippen molar-refractivity contribution in [1.82, 2.24) is 0 Å². The van der Waals surface area contributed by atoms with Crippen LogP contribution in [0, 0.1) is 13.8 Å². The van der Waals surface area contributed by atoms with Crippen molar-refractivity contribution in [1.29, 1.82) is 0 Å². The molecule has 162 valence electrons. The lowest BCUT2D eigenvalue weighted by Gasteiger charge is -2.25. The van der Waals surface area contributed by atoms with Crippen molar-refractivity contribution < 1.29 is 23.8 Å². The first-order chi connectivity index (χ1) is 15.3. The summed E-state index contributed by atoms with van der Waals surface area (Å²) in [6.45, 7) is 5.79. The number of aliphatic hydroxyl groups is 1. The Bertz CT molecular complexity index is 1270. The highest BCUT2D eigenvalue weighted by Crippen LogP contribution is 2.44. The largest absolute Gasteiger partial charge is 0.507 e. The first-order valence-electron chi connectivity index (χ1n) is 10.6.